The second-order valence-electron chi connectivity index (χ2n) is 2.55. The second-order valence-corrected chi connectivity index (χ2v) is 2.55. The molecule has 0 bridgehead atoms. The van der Waals surface area contributed by atoms with E-state index in [0.29, 0.717) is 6.47 Å². The molecule has 0 aliphatic rings. The normalized spacial score (nSPS) is 9.75. The summed E-state index contributed by atoms with van der Waals surface area (Å²) in [6.07, 6.45) is -4.27. The Morgan fingerprint density at radius 1 is 1.25 bits per heavy atom. The maximum absolute atomic E-state index is 11.6. The van der Waals surface area contributed by atoms with Crippen LogP contribution in [0.15, 0.2) is 30.3 Å². The number of para-hydroxylation sites is 1. The Labute approximate surface area is 90.8 Å². The molecule has 1 aromatic carbocycles. The van der Waals surface area contributed by atoms with E-state index >= 15 is 0 Å². The van der Waals surface area contributed by atoms with Crippen LogP contribution in [0.1, 0.15) is 0 Å². The number of halogens is 3. The Bertz CT molecular complexity index is 285. The average molecular weight is 236 g/mol. The van der Waals surface area contributed by atoms with Crippen molar-refractivity contribution in [2.24, 2.45) is 0 Å². The molecule has 0 atom stereocenters. The average Bonchev–Trinajstić information content (AvgIpc) is 2.27. The van der Waals surface area contributed by atoms with Crippen molar-refractivity contribution in [3.8, 4) is 5.75 Å². The number of carbonyl (C=O) groups excluding carboxylic acids is 1. The van der Waals surface area contributed by atoms with Gasteiger partial charge in [-0.05, 0) is 12.1 Å². The molecule has 0 aromatic heterocycles. The first-order valence-corrected chi connectivity index (χ1v) is 4.20. The lowest BCUT2D eigenvalue weighted by Gasteiger charge is -2.07. The molecule has 3 nitrogen and oxygen atoms in total. The molecular formula is C10H11F3O3. The number of carbonyl (C=O) groups is 1. The summed E-state index contributed by atoms with van der Waals surface area (Å²) < 4.78 is 43.2. The SMILES string of the molecule is COC=O.FC(F)(F)COc1ccccc1. The second kappa shape index (κ2) is 7.56. The molecule has 0 fully saturated rings. The molecule has 90 valence electrons. The Hall–Kier alpha value is -1.72. The lowest BCUT2D eigenvalue weighted by Crippen LogP contribution is -2.19. The maximum atomic E-state index is 11.6. The quantitative estimate of drug-likeness (QED) is 0.756. The van der Waals surface area contributed by atoms with E-state index in [1.54, 1.807) is 18.2 Å². The highest BCUT2D eigenvalue weighted by molar-refractivity contribution is 5.36. The summed E-state index contributed by atoms with van der Waals surface area (Å²) in [6, 6.07) is 7.90. The Morgan fingerprint density at radius 3 is 2.12 bits per heavy atom. The van der Waals surface area contributed by atoms with Crippen LogP contribution in [0.2, 0.25) is 0 Å². The van der Waals surface area contributed by atoms with Gasteiger partial charge in [-0.3, -0.25) is 4.79 Å². The molecule has 0 saturated carbocycles. The topological polar surface area (TPSA) is 35.5 Å². The summed E-state index contributed by atoms with van der Waals surface area (Å²) in [6.45, 7) is -0.864. The number of benzene rings is 1. The van der Waals surface area contributed by atoms with Crippen LogP contribution in [0.5, 0.6) is 5.75 Å². The molecule has 6 heteroatoms. The van der Waals surface area contributed by atoms with Gasteiger partial charge in [-0.25, -0.2) is 0 Å². The fraction of sp³-hybridized carbons (Fsp3) is 0.300. The van der Waals surface area contributed by atoms with Gasteiger partial charge in [0.1, 0.15) is 5.75 Å². The highest BCUT2D eigenvalue weighted by Crippen LogP contribution is 2.17. The monoisotopic (exact) mass is 236 g/mol. The number of hydrogen-bond acceptors (Lipinski definition) is 3. The minimum atomic E-state index is -4.27. The summed E-state index contributed by atoms with van der Waals surface area (Å²) in [5.41, 5.74) is 0. The summed E-state index contributed by atoms with van der Waals surface area (Å²) in [4.78, 5) is 8.95. The van der Waals surface area contributed by atoms with E-state index in [0.717, 1.165) is 0 Å². The van der Waals surface area contributed by atoms with Gasteiger partial charge in [-0.2, -0.15) is 13.2 Å². The van der Waals surface area contributed by atoms with Gasteiger partial charge in [0.25, 0.3) is 6.47 Å². The van der Waals surface area contributed by atoms with Crippen LogP contribution in [0.4, 0.5) is 13.2 Å². The van der Waals surface area contributed by atoms with Crippen LogP contribution in [0.3, 0.4) is 0 Å². The molecule has 1 rings (SSSR count). The molecule has 0 unspecified atom stereocenters. The van der Waals surface area contributed by atoms with Crippen LogP contribution in [-0.4, -0.2) is 26.4 Å². The van der Waals surface area contributed by atoms with Crippen molar-refractivity contribution < 1.29 is 27.4 Å². The zero-order valence-electron chi connectivity index (χ0n) is 8.53. The summed E-state index contributed by atoms with van der Waals surface area (Å²) in [7, 11) is 1.31. The van der Waals surface area contributed by atoms with Crippen LogP contribution in [0, 0.1) is 0 Å². The van der Waals surface area contributed by atoms with Crippen molar-refractivity contribution in [1.29, 1.82) is 0 Å². The minimum absolute atomic E-state index is 0.231. The van der Waals surface area contributed by atoms with E-state index in [-0.39, 0.29) is 5.75 Å². The Balaban J connectivity index is 0.000000487. The number of alkyl halides is 3. The fourth-order valence-corrected chi connectivity index (χ4v) is 0.682. The molecule has 16 heavy (non-hydrogen) atoms. The Kier molecular flexibility index (Phi) is 6.74. The maximum Gasteiger partial charge on any atom is 0.422 e. The van der Waals surface area contributed by atoms with Crippen molar-refractivity contribution in [3.63, 3.8) is 0 Å². The number of hydrogen-bond donors (Lipinski definition) is 0. The largest absolute Gasteiger partial charge is 0.484 e. The highest BCUT2D eigenvalue weighted by atomic mass is 19.4. The van der Waals surface area contributed by atoms with Crippen molar-refractivity contribution >= 4 is 6.47 Å². The van der Waals surface area contributed by atoms with Crippen molar-refractivity contribution in [1.82, 2.24) is 0 Å². The van der Waals surface area contributed by atoms with Gasteiger partial charge >= 0.3 is 6.18 Å². The number of methoxy groups -OCH3 is 1. The smallest absolute Gasteiger partial charge is 0.422 e. The van der Waals surface area contributed by atoms with Crippen LogP contribution < -0.4 is 4.74 Å². The van der Waals surface area contributed by atoms with E-state index < -0.39 is 12.8 Å². The van der Waals surface area contributed by atoms with E-state index in [2.05, 4.69) is 9.47 Å². The molecule has 0 N–H and O–H groups in total. The van der Waals surface area contributed by atoms with Crippen LogP contribution in [0.25, 0.3) is 0 Å². The van der Waals surface area contributed by atoms with E-state index in [9.17, 15) is 13.2 Å². The number of rotatable bonds is 3. The van der Waals surface area contributed by atoms with E-state index in [1.165, 1.54) is 19.2 Å². The molecule has 0 amide bonds. The van der Waals surface area contributed by atoms with Crippen molar-refractivity contribution in [2.45, 2.75) is 6.18 Å². The fourth-order valence-electron chi connectivity index (χ4n) is 0.682. The molecule has 0 aliphatic carbocycles. The predicted molar refractivity (Wildman–Crippen MR) is 51.1 cm³/mol. The van der Waals surface area contributed by atoms with Gasteiger partial charge in [0.15, 0.2) is 6.61 Å². The summed E-state index contributed by atoms with van der Waals surface area (Å²) in [5, 5.41) is 0. The van der Waals surface area contributed by atoms with Crippen LogP contribution >= 0.6 is 0 Å². The lowest BCUT2D eigenvalue weighted by atomic mass is 10.3. The summed E-state index contributed by atoms with van der Waals surface area (Å²) in [5.74, 6) is 0.231. The standard InChI is InChI=1S/C8H7F3O.C2H4O2/c9-8(10,11)6-12-7-4-2-1-3-5-7;1-4-2-3/h1-5H,6H2;2H,1H3. The van der Waals surface area contributed by atoms with Gasteiger partial charge < -0.3 is 9.47 Å². The molecule has 0 radical (unpaired) electrons. The van der Waals surface area contributed by atoms with Gasteiger partial charge in [-0.1, -0.05) is 18.2 Å². The molecule has 0 saturated heterocycles. The van der Waals surface area contributed by atoms with E-state index in [1.807, 2.05) is 0 Å². The van der Waals surface area contributed by atoms with E-state index in [4.69, 9.17) is 4.79 Å². The van der Waals surface area contributed by atoms with Gasteiger partial charge in [0, 0.05) is 0 Å². The minimum Gasteiger partial charge on any atom is -0.484 e. The van der Waals surface area contributed by atoms with Crippen LogP contribution in [-0.2, 0) is 9.53 Å². The summed E-state index contributed by atoms with van der Waals surface area (Å²) >= 11 is 0. The van der Waals surface area contributed by atoms with Gasteiger partial charge in [0.2, 0.25) is 0 Å². The lowest BCUT2D eigenvalue weighted by molar-refractivity contribution is -0.153. The molecule has 0 aliphatic heterocycles. The predicted octanol–water partition coefficient (Wildman–Crippen LogP) is 2.42. The molecule has 0 heterocycles. The Morgan fingerprint density at radius 2 is 1.75 bits per heavy atom. The number of ether oxygens (including phenoxy) is 2. The molecule has 0 spiro atoms. The zero-order valence-corrected chi connectivity index (χ0v) is 8.53. The molecule has 1 aromatic rings. The van der Waals surface area contributed by atoms with Gasteiger partial charge in [0.05, 0.1) is 7.11 Å². The molecular weight excluding hydrogens is 225 g/mol. The third-order valence-electron chi connectivity index (χ3n) is 1.24. The first kappa shape index (κ1) is 14.3. The third kappa shape index (κ3) is 8.86. The first-order valence-electron chi connectivity index (χ1n) is 4.20. The van der Waals surface area contributed by atoms with Crippen molar-refractivity contribution in [2.75, 3.05) is 13.7 Å². The van der Waals surface area contributed by atoms with Crippen molar-refractivity contribution in [3.05, 3.63) is 30.3 Å². The zero-order chi connectivity index (χ0) is 12.4. The first-order chi connectivity index (χ1) is 7.49. The third-order valence-corrected chi connectivity index (χ3v) is 1.24. The van der Waals surface area contributed by atoms with Gasteiger partial charge in [-0.15, -0.1) is 0 Å². The highest BCUT2D eigenvalue weighted by Gasteiger charge is 2.28.